The summed E-state index contributed by atoms with van der Waals surface area (Å²) in [5.41, 5.74) is -2.42. The molecule has 0 amide bonds. The molecule has 0 atom stereocenters. The van der Waals surface area contributed by atoms with Crippen molar-refractivity contribution < 1.29 is 26.3 Å². The summed E-state index contributed by atoms with van der Waals surface area (Å²) in [4.78, 5) is 3.78. The summed E-state index contributed by atoms with van der Waals surface area (Å²) in [5.74, 6) is -0.134. The van der Waals surface area contributed by atoms with Crippen molar-refractivity contribution in [3.63, 3.8) is 0 Å². The Hall–Kier alpha value is -3.70. The average molecular weight is 424 g/mol. The van der Waals surface area contributed by atoms with Crippen molar-refractivity contribution in [2.24, 2.45) is 0 Å². The molecule has 0 radical (unpaired) electrons. The Bertz CT molecular complexity index is 1210. The molecule has 0 aliphatic carbocycles. The van der Waals surface area contributed by atoms with Gasteiger partial charge in [-0.25, -0.2) is 0 Å². The van der Waals surface area contributed by atoms with Crippen molar-refractivity contribution >= 4 is 17.3 Å². The molecule has 4 aromatic rings. The van der Waals surface area contributed by atoms with Gasteiger partial charge < -0.3 is 5.32 Å². The first-order valence-electron chi connectivity index (χ1n) is 8.32. The number of pyridine rings is 1. The normalized spacial score (nSPS) is 12.3. The van der Waals surface area contributed by atoms with E-state index in [-0.39, 0.29) is 28.5 Å². The highest BCUT2D eigenvalue weighted by atomic mass is 19.4. The molecule has 0 spiro atoms. The van der Waals surface area contributed by atoms with Gasteiger partial charge in [0.05, 0.1) is 28.7 Å². The third-order valence-corrected chi connectivity index (χ3v) is 4.13. The van der Waals surface area contributed by atoms with Crippen molar-refractivity contribution in [3.05, 3.63) is 66.0 Å². The Morgan fingerprint density at radius 1 is 0.833 bits per heavy atom. The van der Waals surface area contributed by atoms with Crippen LogP contribution in [0.2, 0.25) is 0 Å². The summed E-state index contributed by atoms with van der Waals surface area (Å²) in [5, 5.41) is 14.0. The van der Waals surface area contributed by atoms with E-state index in [1.54, 1.807) is 0 Å². The smallest absolute Gasteiger partial charge is 0.322 e. The van der Waals surface area contributed by atoms with Crippen LogP contribution in [0.15, 0.2) is 54.9 Å². The highest BCUT2D eigenvalue weighted by Crippen LogP contribution is 2.37. The van der Waals surface area contributed by atoms with Crippen LogP contribution >= 0.6 is 0 Å². The summed E-state index contributed by atoms with van der Waals surface area (Å²) in [6, 6.07) is 8.07. The lowest BCUT2D eigenvalue weighted by atomic mass is 10.1. The molecule has 1 N–H and O–H groups in total. The molecular weight excluding hydrogens is 414 g/mol. The van der Waals surface area contributed by atoms with Gasteiger partial charge in [-0.1, -0.05) is 12.1 Å². The molecule has 4 rings (SSSR count). The first-order valence-corrected chi connectivity index (χ1v) is 8.32. The van der Waals surface area contributed by atoms with Crippen molar-refractivity contribution in [1.29, 1.82) is 0 Å². The number of hydrogen-bond acceptors (Lipinski definition) is 5. The number of hydrogen-bond donors (Lipinski definition) is 1. The lowest BCUT2D eigenvalue weighted by Crippen LogP contribution is -2.10. The number of nitrogens with zero attached hydrogens (tertiary/aromatic N) is 5. The summed E-state index contributed by atoms with van der Waals surface area (Å²) in [6.07, 6.45) is -6.91. The molecule has 6 nitrogen and oxygen atoms in total. The number of anilines is 2. The number of rotatable bonds is 3. The number of alkyl halides is 6. The van der Waals surface area contributed by atoms with E-state index in [1.165, 1.54) is 30.5 Å². The van der Waals surface area contributed by atoms with Gasteiger partial charge in [-0.3, -0.25) is 4.98 Å². The van der Waals surface area contributed by atoms with Gasteiger partial charge in [0.1, 0.15) is 0 Å². The second-order valence-electron chi connectivity index (χ2n) is 6.10. The van der Waals surface area contributed by atoms with Crippen molar-refractivity contribution in [1.82, 2.24) is 24.8 Å². The van der Waals surface area contributed by atoms with Crippen LogP contribution in [0.3, 0.4) is 0 Å². The fourth-order valence-corrected chi connectivity index (χ4v) is 2.82. The number of fused-ring (bicyclic) bond motifs is 1. The molecule has 0 saturated carbocycles. The Kier molecular flexibility index (Phi) is 4.56. The molecule has 154 valence electrons. The second kappa shape index (κ2) is 6.97. The Morgan fingerprint density at radius 3 is 2.27 bits per heavy atom. The predicted molar refractivity (Wildman–Crippen MR) is 93.7 cm³/mol. The highest BCUT2D eigenvalue weighted by molar-refractivity contribution is 5.68. The van der Waals surface area contributed by atoms with Gasteiger partial charge in [-0.2, -0.15) is 36.0 Å². The minimum absolute atomic E-state index is 0.0262. The van der Waals surface area contributed by atoms with E-state index in [9.17, 15) is 26.3 Å². The third-order valence-electron chi connectivity index (χ3n) is 4.13. The molecular formula is C18H10F6N6. The molecule has 12 heteroatoms. The summed E-state index contributed by atoms with van der Waals surface area (Å²) in [6.45, 7) is 0. The first-order chi connectivity index (χ1) is 14.1. The zero-order valence-corrected chi connectivity index (χ0v) is 14.7. The monoisotopic (exact) mass is 424 g/mol. The first kappa shape index (κ1) is 19.6. The van der Waals surface area contributed by atoms with Crippen LogP contribution in [-0.2, 0) is 12.4 Å². The largest absolute Gasteiger partial charge is 0.418 e. The SMILES string of the molecule is FC(F)(F)c1ccccc1Nc1nnc2cc(-c3ncccc3C(F)(F)F)cnn12. The fraction of sp³-hybridized carbons (Fsp3) is 0.111. The minimum atomic E-state index is -4.63. The molecule has 0 aliphatic heterocycles. The zero-order valence-electron chi connectivity index (χ0n) is 14.7. The molecule has 0 aliphatic rings. The highest BCUT2D eigenvalue weighted by Gasteiger charge is 2.35. The van der Waals surface area contributed by atoms with Crippen LogP contribution < -0.4 is 5.32 Å². The quantitative estimate of drug-likeness (QED) is 0.471. The Morgan fingerprint density at radius 2 is 1.53 bits per heavy atom. The lowest BCUT2D eigenvalue weighted by molar-refractivity contribution is -0.138. The molecule has 3 heterocycles. The zero-order chi connectivity index (χ0) is 21.5. The van der Waals surface area contributed by atoms with Crippen LogP contribution in [-0.4, -0.2) is 24.8 Å². The van der Waals surface area contributed by atoms with Crippen LogP contribution in [0.4, 0.5) is 38.0 Å². The molecule has 3 aromatic heterocycles. The Labute approximate surface area is 164 Å². The Balaban J connectivity index is 1.74. The van der Waals surface area contributed by atoms with E-state index < -0.39 is 23.5 Å². The van der Waals surface area contributed by atoms with Crippen LogP contribution in [0, 0.1) is 0 Å². The van der Waals surface area contributed by atoms with Gasteiger partial charge >= 0.3 is 12.4 Å². The van der Waals surface area contributed by atoms with Gasteiger partial charge in [0, 0.05) is 11.8 Å². The number of para-hydroxylation sites is 1. The van der Waals surface area contributed by atoms with Crippen molar-refractivity contribution in [2.75, 3.05) is 5.32 Å². The summed E-state index contributed by atoms with van der Waals surface area (Å²) < 4.78 is 80.3. The van der Waals surface area contributed by atoms with E-state index >= 15 is 0 Å². The predicted octanol–water partition coefficient (Wildman–Crippen LogP) is 4.97. The van der Waals surface area contributed by atoms with E-state index in [0.717, 1.165) is 28.9 Å². The fourth-order valence-electron chi connectivity index (χ4n) is 2.82. The van der Waals surface area contributed by atoms with Gasteiger partial charge in [0.25, 0.3) is 0 Å². The van der Waals surface area contributed by atoms with Gasteiger partial charge in [-0.15, -0.1) is 10.2 Å². The topological polar surface area (TPSA) is 68.0 Å². The number of halogens is 6. The molecule has 1 aromatic carbocycles. The van der Waals surface area contributed by atoms with E-state index in [1.807, 2.05) is 0 Å². The maximum atomic E-state index is 13.2. The van der Waals surface area contributed by atoms with E-state index in [0.29, 0.717) is 0 Å². The standard InChI is InChI=1S/C18H10F6N6/c19-17(20,21)11-4-1-2-6-13(11)27-16-29-28-14-8-10(9-26-30(14)16)15-12(18(22,23)24)5-3-7-25-15/h1-9H,(H,27,29). The average Bonchev–Trinajstić information content (AvgIpc) is 3.09. The molecule has 0 bridgehead atoms. The number of aromatic nitrogens is 5. The van der Waals surface area contributed by atoms with Crippen molar-refractivity contribution in [3.8, 4) is 11.3 Å². The minimum Gasteiger partial charge on any atom is -0.322 e. The summed E-state index contributed by atoms with van der Waals surface area (Å²) in [7, 11) is 0. The maximum Gasteiger partial charge on any atom is 0.418 e. The number of nitrogens with one attached hydrogen (secondary N) is 1. The van der Waals surface area contributed by atoms with Gasteiger partial charge in [-0.05, 0) is 30.3 Å². The third kappa shape index (κ3) is 3.63. The molecule has 30 heavy (non-hydrogen) atoms. The number of benzene rings is 1. The molecule has 0 saturated heterocycles. The molecule has 0 fully saturated rings. The van der Waals surface area contributed by atoms with Crippen LogP contribution in [0.25, 0.3) is 16.9 Å². The van der Waals surface area contributed by atoms with Crippen LogP contribution in [0.5, 0.6) is 0 Å². The van der Waals surface area contributed by atoms with Crippen molar-refractivity contribution in [2.45, 2.75) is 12.4 Å². The van der Waals surface area contributed by atoms with Gasteiger partial charge in [0.2, 0.25) is 5.95 Å². The van der Waals surface area contributed by atoms with Gasteiger partial charge in [0.15, 0.2) is 5.65 Å². The van der Waals surface area contributed by atoms with Crippen LogP contribution in [0.1, 0.15) is 11.1 Å². The molecule has 0 unspecified atom stereocenters. The second-order valence-corrected chi connectivity index (χ2v) is 6.10. The van der Waals surface area contributed by atoms with E-state index in [4.69, 9.17) is 0 Å². The summed E-state index contributed by atoms with van der Waals surface area (Å²) >= 11 is 0. The van der Waals surface area contributed by atoms with E-state index in [2.05, 4.69) is 25.6 Å². The maximum absolute atomic E-state index is 13.2. The lowest BCUT2D eigenvalue weighted by Gasteiger charge is -2.13.